The summed E-state index contributed by atoms with van der Waals surface area (Å²) in [5.74, 6) is -0.145. The molecule has 0 radical (unpaired) electrons. The van der Waals surface area contributed by atoms with Crippen LogP contribution in [0.1, 0.15) is 11.1 Å². The Labute approximate surface area is 222 Å². The van der Waals surface area contributed by atoms with E-state index in [1.165, 1.54) is 38.6 Å². The molecule has 0 unspecified atom stereocenters. The van der Waals surface area contributed by atoms with Gasteiger partial charge in [0.25, 0.3) is 5.56 Å². The van der Waals surface area contributed by atoms with E-state index >= 15 is 0 Å². The maximum atomic E-state index is 13.4. The third-order valence-corrected chi connectivity index (χ3v) is 6.06. The zero-order valence-corrected chi connectivity index (χ0v) is 21.5. The molecule has 8 nitrogen and oxygen atoms in total. The Kier molecular flexibility index (Phi) is 7.81. The summed E-state index contributed by atoms with van der Waals surface area (Å²) < 4.78 is 56.9. The van der Waals surface area contributed by atoms with Crippen molar-refractivity contribution in [3.63, 3.8) is 0 Å². The summed E-state index contributed by atoms with van der Waals surface area (Å²) >= 11 is 3.39. The van der Waals surface area contributed by atoms with Crippen LogP contribution in [0.3, 0.4) is 0 Å². The van der Waals surface area contributed by atoms with Crippen molar-refractivity contribution in [1.82, 2.24) is 9.66 Å². The molecule has 0 fully saturated rings. The lowest BCUT2D eigenvalue weighted by Gasteiger charge is -2.13. The Bertz CT molecular complexity index is 1600. The van der Waals surface area contributed by atoms with Gasteiger partial charge < -0.3 is 14.2 Å². The van der Waals surface area contributed by atoms with Crippen molar-refractivity contribution in [2.45, 2.75) is 6.18 Å². The third-order valence-electron chi connectivity index (χ3n) is 5.37. The van der Waals surface area contributed by atoms with Crippen LogP contribution in [0.2, 0.25) is 0 Å². The quantitative estimate of drug-likeness (QED) is 0.215. The predicted octanol–water partition coefficient (Wildman–Crippen LogP) is 5.29. The number of para-hydroxylation sites is 1. The fraction of sp³-hybridized carbons (Fsp3) is 0.154. The number of esters is 1. The van der Waals surface area contributed by atoms with Crippen LogP contribution in [0.25, 0.3) is 22.3 Å². The summed E-state index contributed by atoms with van der Waals surface area (Å²) in [4.78, 5) is 29.2. The highest BCUT2D eigenvalue weighted by molar-refractivity contribution is 9.10. The van der Waals surface area contributed by atoms with Gasteiger partial charge in [-0.05, 0) is 52.3 Å². The molecule has 0 aliphatic heterocycles. The van der Waals surface area contributed by atoms with E-state index in [1.807, 2.05) is 0 Å². The van der Waals surface area contributed by atoms with Gasteiger partial charge >= 0.3 is 12.1 Å². The number of fused-ring (bicyclic) bond motifs is 1. The number of benzene rings is 3. The molecular formula is C26H19BrF3N3O5. The minimum absolute atomic E-state index is 0.0584. The van der Waals surface area contributed by atoms with E-state index in [0.717, 1.165) is 16.8 Å². The van der Waals surface area contributed by atoms with Crippen molar-refractivity contribution in [2.75, 3.05) is 20.8 Å². The lowest BCUT2D eigenvalue weighted by atomic mass is 10.1. The Hall–Kier alpha value is -4.19. The minimum Gasteiger partial charge on any atom is -0.493 e. The maximum absolute atomic E-state index is 13.4. The largest absolute Gasteiger partial charge is 0.493 e. The summed E-state index contributed by atoms with van der Waals surface area (Å²) in [6.07, 6.45) is -3.26. The number of carbonyl (C=O) groups is 1. The number of carbonyl (C=O) groups excluding carboxylic acids is 1. The van der Waals surface area contributed by atoms with E-state index in [1.54, 1.807) is 30.3 Å². The Morgan fingerprint density at radius 3 is 2.55 bits per heavy atom. The molecule has 0 atom stereocenters. The fourth-order valence-electron chi connectivity index (χ4n) is 3.49. The van der Waals surface area contributed by atoms with Gasteiger partial charge in [-0.1, -0.05) is 24.3 Å². The molecule has 4 aromatic rings. The van der Waals surface area contributed by atoms with Crippen molar-refractivity contribution < 1.29 is 32.2 Å². The minimum atomic E-state index is -4.58. The van der Waals surface area contributed by atoms with Crippen LogP contribution in [0.15, 0.2) is 75.0 Å². The monoisotopic (exact) mass is 589 g/mol. The predicted molar refractivity (Wildman–Crippen MR) is 138 cm³/mol. The highest BCUT2D eigenvalue weighted by Crippen LogP contribution is 2.34. The van der Waals surface area contributed by atoms with Crippen molar-refractivity contribution in [1.29, 1.82) is 0 Å². The van der Waals surface area contributed by atoms with Crippen LogP contribution in [0, 0.1) is 0 Å². The molecule has 0 aliphatic rings. The molecule has 12 heteroatoms. The van der Waals surface area contributed by atoms with Crippen LogP contribution in [-0.2, 0) is 15.7 Å². The number of ether oxygens (including phenoxy) is 3. The van der Waals surface area contributed by atoms with Gasteiger partial charge in [-0.25, -0.2) is 9.78 Å². The normalized spacial score (nSPS) is 11.6. The van der Waals surface area contributed by atoms with E-state index in [0.29, 0.717) is 15.6 Å². The van der Waals surface area contributed by atoms with E-state index in [2.05, 4.69) is 30.8 Å². The third kappa shape index (κ3) is 5.70. The molecule has 0 bridgehead atoms. The fourth-order valence-corrected chi connectivity index (χ4v) is 3.91. The van der Waals surface area contributed by atoms with E-state index in [4.69, 9.17) is 9.47 Å². The second-order valence-electron chi connectivity index (χ2n) is 7.78. The van der Waals surface area contributed by atoms with Gasteiger partial charge in [0.1, 0.15) is 0 Å². The summed E-state index contributed by atoms with van der Waals surface area (Å²) in [7, 11) is 2.63. The standard InChI is InChI=1S/C26H19BrF3N3O5/c1-36-21-11-16(19(27)12-22(21)38-14-23(34)37-2)13-31-33-24(15-6-5-7-17(10-15)26(28,29)30)32-20-9-4-3-8-18(20)25(33)35/h3-13H,14H2,1-2H3. The molecular weight excluding hydrogens is 571 g/mol. The molecule has 1 aromatic heterocycles. The molecule has 0 saturated carbocycles. The van der Waals surface area contributed by atoms with Gasteiger partial charge in [-0.2, -0.15) is 22.9 Å². The first-order valence-electron chi connectivity index (χ1n) is 10.9. The van der Waals surface area contributed by atoms with Crippen LogP contribution in [0.4, 0.5) is 13.2 Å². The van der Waals surface area contributed by atoms with Crippen molar-refractivity contribution >= 4 is 39.0 Å². The van der Waals surface area contributed by atoms with Crippen LogP contribution >= 0.6 is 15.9 Å². The first-order chi connectivity index (χ1) is 18.1. The molecule has 0 amide bonds. The molecule has 0 aliphatic carbocycles. The summed E-state index contributed by atoms with van der Waals surface area (Å²) in [6.45, 7) is -0.342. The molecule has 0 saturated heterocycles. The second kappa shape index (κ2) is 11.1. The van der Waals surface area contributed by atoms with E-state index < -0.39 is 23.3 Å². The summed E-state index contributed by atoms with van der Waals surface area (Å²) in [6, 6.07) is 14.1. The van der Waals surface area contributed by atoms with E-state index in [9.17, 15) is 22.8 Å². The van der Waals surface area contributed by atoms with Crippen LogP contribution < -0.4 is 15.0 Å². The Morgan fingerprint density at radius 2 is 1.84 bits per heavy atom. The number of aromatic nitrogens is 2. The van der Waals surface area contributed by atoms with Crippen molar-refractivity contribution in [3.05, 3.63) is 86.6 Å². The highest BCUT2D eigenvalue weighted by Gasteiger charge is 2.31. The highest BCUT2D eigenvalue weighted by atomic mass is 79.9. The van der Waals surface area contributed by atoms with Gasteiger partial charge in [-0.15, -0.1) is 0 Å². The SMILES string of the molecule is COC(=O)COc1cc(Br)c(C=Nn2c(-c3cccc(C(F)(F)F)c3)nc3ccccc3c2=O)cc1OC. The number of methoxy groups -OCH3 is 2. The lowest BCUT2D eigenvalue weighted by molar-refractivity contribution is -0.143. The first kappa shape index (κ1) is 26.9. The first-order valence-corrected chi connectivity index (χ1v) is 11.7. The van der Waals surface area contributed by atoms with Crippen molar-refractivity contribution in [3.8, 4) is 22.9 Å². The van der Waals surface area contributed by atoms with Gasteiger partial charge in [0.15, 0.2) is 23.9 Å². The second-order valence-corrected chi connectivity index (χ2v) is 8.64. The molecule has 0 spiro atoms. The molecule has 4 rings (SSSR count). The number of hydrogen-bond acceptors (Lipinski definition) is 7. The molecule has 1 heterocycles. The zero-order valence-electron chi connectivity index (χ0n) is 20.0. The molecule has 0 N–H and O–H groups in total. The van der Waals surface area contributed by atoms with Crippen LogP contribution in [0.5, 0.6) is 11.5 Å². The Balaban J connectivity index is 1.83. The Morgan fingerprint density at radius 1 is 1.08 bits per heavy atom. The van der Waals surface area contributed by atoms with Crippen LogP contribution in [-0.4, -0.2) is 42.7 Å². The number of nitrogens with zero attached hydrogens (tertiary/aromatic N) is 3. The lowest BCUT2D eigenvalue weighted by Crippen LogP contribution is -2.20. The topological polar surface area (TPSA) is 92.0 Å². The van der Waals surface area contributed by atoms with E-state index in [-0.39, 0.29) is 34.9 Å². The smallest absolute Gasteiger partial charge is 0.416 e. The van der Waals surface area contributed by atoms with Gasteiger partial charge in [0.2, 0.25) is 0 Å². The molecule has 38 heavy (non-hydrogen) atoms. The summed E-state index contributed by atoms with van der Waals surface area (Å²) in [5, 5.41) is 4.52. The number of hydrogen-bond donors (Lipinski definition) is 0. The average Bonchev–Trinajstić information content (AvgIpc) is 2.91. The molecule has 196 valence electrons. The maximum Gasteiger partial charge on any atom is 0.416 e. The number of alkyl halides is 3. The van der Waals surface area contributed by atoms with Gasteiger partial charge in [-0.3, -0.25) is 4.79 Å². The van der Waals surface area contributed by atoms with Crippen molar-refractivity contribution in [2.24, 2.45) is 5.10 Å². The number of rotatable bonds is 7. The average molecular weight is 590 g/mol. The van der Waals surface area contributed by atoms with Gasteiger partial charge in [0, 0.05) is 15.6 Å². The summed E-state index contributed by atoms with van der Waals surface area (Å²) in [5.41, 5.74) is -0.639. The number of halogens is 4. The zero-order chi connectivity index (χ0) is 27.4. The van der Waals surface area contributed by atoms with Gasteiger partial charge in [0.05, 0.1) is 36.9 Å². The molecule has 3 aromatic carbocycles.